The van der Waals surface area contributed by atoms with Gasteiger partial charge in [0.2, 0.25) is 5.91 Å². The Morgan fingerprint density at radius 2 is 1.89 bits per heavy atom. The molecule has 0 saturated heterocycles. The number of carbonyl (C=O) groups excluding carboxylic acids is 2. The summed E-state index contributed by atoms with van der Waals surface area (Å²) < 4.78 is 4.88. The number of nitrogens with one attached hydrogen (secondary N) is 1. The van der Waals surface area contributed by atoms with E-state index in [1.54, 1.807) is 6.92 Å². The second-order valence-corrected chi connectivity index (χ2v) is 4.59. The summed E-state index contributed by atoms with van der Waals surface area (Å²) >= 11 is 0. The number of ether oxygens (including phenoxy) is 1. The third kappa shape index (κ3) is 6.42. The fourth-order valence-corrected chi connectivity index (χ4v) is 1.81. The summed E-state index contributed by atoms with van der Waals surface area (Å²) in [4.78, 5) is 22.6. The van der Waals surface area contributed by atoms with Gasteiger partial charge in [-0.05, 0) is 18.8 Å². The Bertz CT molecular complexity index is 310. The highest BCUT2D eigenvalue weighted by Crippen LogP contribution is 2.22. The van der Waals surface area contributed by atoms with Crippen LogP contribution in [0.4, 0.5) is 0 Å². The number of hydrogen-bond acceptors (Lipinski definition) is 3. The fourth-order valence-electron chi connectivity index (χ4n) is 1.81. The molecule has 0 aliphatic rings. The van der Waals surface area contributed by atoms with Gasteiger partial charge in [-0.2, -0.15) is 0 Å². The summed E-state index contributed by atoms with van der Waals surface area (Å²) in [6.45, 7) is 9.79. The maximum Gasteiger partial charge on any atom is 0.332 e. The van der Waals surface area contributed by atoms with Crippen LogP contribution in [0.15, 0.2) is 11.8 Å². The van der Waals surface area contributed by atoms with Crippen molar-refractivity contribution in [2.45, 2.75) is 47.5 Å². The summed E-state index contributed by atoms with van der Waals surface area (Å²) in [5, 5.41) is 2.73. The van der Waals surface area contributed by atoms with Crippen LogP contribution in [0.2, 0.25) is 0 Å². The van der Waals surface area contributed by atoms with Gasteiger partial charge >= 0.3 is 5.97 Å². The molecule has 0 radical (unpaired) electrons. The highest BCUT2D eigenvalue weighted by Gasteiger charge is 2.18. The van der Waals surface area contributed by atoms with E-state index in [1.165, 1.54) is 13.0 Å². The molecular formula is C14H25NO3. The second-order valence-electron chi connectivity index (χ2n) is 4.59. The minimum atomic E-state index is -0.406. The summed E-state index contributed by atoms with van der Waals surface area (Å²) in [5.74, 6) is -0.0429. The first kappa shape index (κ1) is 16.7. The average molecular weight is 255 g/mol. The summed E-state index contributed by atoms with van der Waals surface area (Å²) in [6, 6.07) is 0. The quantitative estimate of drug-likeness (QED) is 0.562. The maximum atomic E-state index is 11.5. The van der Waals surface area contributed by atoms with Crippen molar-refractivity contribution in [3.63, 3.8) is 0 Å². The highest BCUT2D eigenvalue weighted by molar-refractivity contribution is 5.84. The van der Waals surface area contributed by atoms with Crippen molar-refractivity contribution >= 4 is 11.9 Å². The minimum absolute atomic E-state index is 0.123. The predicted molar refractivity (Wildman–Crippen MR) is 71.8 cm³/mol. The van der Waals surface area contributed by atoms with E-state index in [-0.39, 0.29) is 11.8 Å². The first-order valence-corrected chi connectivity index (χ1v) is 6.58. The van der Waals surface area contributed by atoms with Crippen molar-refractivity contribution in [1.82, 2.24) is 5.32 Å². The van der Waals surface area contributed by atoms with E-state index in [2.05, 4.69) is 19.2 Å². The largest absolute Gasteiger partial charge is 0.463 e. The van der Waals surface area contributed by atoms with Crippen LogP contribution in [0.5, 0.6) is 0 Å². The first-order chi connectivity index (χ1) is 8.42. The van der Waals surface area contributed by atoms with Gasteiger partial charge in [0.1, 0.15) is 0 Å². The van der Waals surface area contributed by atoms with Gasteiger partial charge in [0.25, 0.3) is 0 Å². The van der Waals surface area contributed by atoms with Crippen molar-refractivity contribution < 1.29 is 14.3 Å². The van der Waals surface area contributed by atoms with E-state index >= 15 is 0 Å². The number of rotatable bonds is 7. The Balaban J connectivity index is 4.86. The smallest absolute Gasteiger partial charge is 0.332 e. The summed E-state index contributed by atoms with van der Waals surface area (Å²) in [6.07, 6.45) is 3.53. The molecule has 0 aromatic rings. The van der Waals surface area contributed by atoms with Crippen LogP contribution in [0.3, 0.4) is 0 Å². The standard InChI is InChI=1S/C14H25NO3/c1-6-8-10(3)11(4)13(15-12(5)16)9-14(17)18-7-2/h9-11H,6-8H2,1-5H3,(H,15,16). The number of esters is 1. The summed E-state index contributed by atoms with van der Waals surface area (Å²) in [5.41, 5.74) is 0.641. The summed E-state index contributed by atoms with van der Waals surface area (Å²) in [7, 11) is 0. The topological polar surface area (TPSA) is 55.4 Å². The Morgan fingerprint density at radius 1 is 1.28 bits per heavy atom. The molecule has 0 aromatic heterocycles. The van der Waals surface area contributed by atoms with Crippen LogP contribution in [-0.4, -0.2) is 18.5 Å². The van der Waals surface area contributed by atoms with Gasteiger partial charge in [0, 0.05) is 18.7 Å². The van der Waals surface area contributed by atoms with E-state index in [0.717, 1.165) is 12.8 Å². The molecule has 0 rings (SSSR count). The molecule has 0 fully saturated rings. The Labute approximate surface area is 110 Å². The SMILES string of the molecule is CCCC(C)C(C)C(=CC(=O)OCC)NC(C)=O. The number of amides is 1. The molecule has 0 aromatic carbocycles. The van der Waals surface area contributed by atoms with Gasteiger partial charge in [0.15, 0.2) is 0 Å². The normalized spacial score (nSPS) is 14.8. The van der Waals surface area contributed by atoms with Crippen molar-refractivity contribution in [2.24, 2.45) is 11.8 Å². The number of allylic oxidation sites excluding steroid dienone is 1. The lowest BCUT2D eigenvalue weighted by atomic mass is 9.89. The molecule has 4 nitrogen and oxygen atoms in total. The van der Waals surface area contributed by atoms with Gasteiger partial charge in [-0.1, -0.05) is 33.6 Å². The molecule has 0 aliphatic heterocycles. The molecule has 18 heavy (non-hydrogen) atoms. The molecule has 0 saturated carbocycles. The Kier molecular flexibility index (Phi) is 8.08. The van der Waals surface area contributed by atoms with Gasteiger partial charge < -0.3 is 10.1 Å². The molecule has 2 atom stereocenters. The maximum absolute atomic E-state index is 11.5. The van der Waals surface area contributed by atoms with Crippen molar-refractivity contribution in [3.05, 3.63) is 11.8 Å². The molecule has 0 heterocycles. The fraction of sp³-hybridized carbons (Fsp3) is 0.714. The van der Waals surface area contributed by atoms with Crippen LogP contribution >= 0.6 is 0 Å². The number of hydrogen-bond donors (Lipinski definition) is 1. The van der Waals surface area contributed by atoms with Crippen molar-refractivity contribution in [3.8, 4) is 0 Å². The number of carbonyl (C=O) groups is 2. The molecule has 1 amide bonds. The minimum Gasteiger partial charge on any atom is -0.463 e. The van der Waals surface area contributed by atoms with E-state index < -0.39 is 5.97 Å². The zero-order chi connectivity index (χ0) is 14.1. The second kappa shape index (κ2) is 8.72. The van der Waals surface area contributed by atoms with E-state index in [0.29, 0.717) is 18.2 Å². The van der Waals surface area contributed by atoms with Crippen LogP contribution < -0.4 is 5.32 Å². The van der Waals surface area contributed by atoms with Crippen LogP contribution in [0, 0.1) is 11.8 Å². The molecule has 4 heteroatoms. The molecule has 0 aliphatic carbocycles. The lowest BCUT2D eigenvalue weighted by Gasteiger charge is -2.22. The van der Waals surface area contributed by atoms with E-state index in [9.17, 15) is 9.59 Å². The Hall–Kier alpha value is -1.32. The zero-order valence-electron chi connectivity index (χ0n) is 12.1. The van der Waals surface area contributed by atoms with Gasteiger partial charge in [-0.15, -0.1) is 0 Å². The van der Waals surface area contributed by atoms with Crippen LogP contribution in [-0.2, 0) is 14.3 Å². The first-order valence-electron chi connectivity index (χ1n) is 6.58. The van der Waals surface area contributed by atoms with Gasteiger partial charge in [0.05, 0.1) is 6.61 Å². The van der Waals surface area contributed by atoms with E-state index in [4.69, 9.17) is 4.74 Å². The van der Waals surface area contributed by atoms with Gasteiger partial charge in [-0.25, -0.2) is 4.79 Å². The van der Waals surface area contributed by atoms with E-state index in [1.807, 2.05) is 6.92 Å². The third-order valence-corrected chi connectivity index (χ3v) is 2.97. The van der Waals surface area contributed by atoms with Crippen LogP contribution in [0.25, 0.3) is 0 Å². The molecule has 1 N–H and O–H groups in total. The molecular weight excluding hydrogens is 230 g/mol. The monoisotopic (exact) mass is 255 g/mol. The highest BCUT2D eigenvalue weighted by atomic mass is 16.5. The third-order valence-electron chi connectivity index (χ3n) is 2.97. The molecule has 0 bridgehead atoms. The molecule has 104 valence electrons. The lowest BCUT2D eigenvalue weighted by Crippen LogP contribution is -2.27. The lowest BCUT2D eigenvalue weighted by molar-refractivity contribution is -0.137. The predicted octanol–water partition coefficient (Wildman–Crippen LogP) is 2.64. The van der Waals surface area contributed by atoms with Crippen molar-refractivity contribution in [2.75, 3.05) is 6.61 Å². The van der Waals surface area contributed by atoms with Crippen LogP contribution in [0.1, 0.15) is 47.5 Å². The zero-order valence-corrected chi connectivity index (χ0v) is 12.1. The average Bonchev–Trinajstić information content (AvgIpc) is 2.27. The molecule has 2 unspecified atom stereocenters. The molecule has 0 spiro atoms. The van der Waals surface area contributed by atoms with Gasteiger partial charge in [-0.3, -0.25) is 4.79 Å². The Morgan fingerprint density at radius 3 is 2.33 bits per heavy atom. The van der Waals surface area contributed by atoms with Crippen molar-refractivity contribution in [1.29, 1.82) is 0 Å².